The number of fused-ring (bicyclic) bond motifs is 1. The molecule has 1 aromatic carbocycles. The smallest absolute Gasteiger partial charge is 0.261 e. The van der Waals surface area contributed by atoms with Gasteiger partial charge in [-0.3, -0.25) is 24.1 Å². The number of hydrogen-bond donors (Lipinski definition) is 0. The molecule has 26 heavy (non-hydrogen) atoms. The van der Waals surface area contributed by atoms with Crippen LogP contribution in [0.4, 0.5) is 0 Å². The van der Waals surface area contributed by atoms with E-state index in [0.29, 0.717) is 17.7 Å². The number of amides is 3. The summed E-state index contributed by atoms with van der Waals surface area (Å²) in [5.41, 5.74) is 0.576. The molecule has 6 nitrogen and oxygen atoms in total. The van der Waals surface area contributed by atoms with Gasteiger partial charge in [-0.1, -0.05) is 12.1 Å². The maximum Gasteiger partial charge on any atom is 0.261 e. The number of carbonyl (C=O) groups is 3. The van der Waals surface area contributed by atoms with Crippen molar-refractivity contribution in [3.63, 3.8) is 0 Å². The second-order valence-corrected chi connectivity index (χ2v) is 8.11. The van der Waals surface area contributed by atoms with Crippen molar-refractivity contribution in [3.05, 3.63) is 35.4 Å². The highest BCUT2D eigenvalue weighted by Gasteiger charge is 2.37. The molecule has 0 atom stereocenters. The van der Waals surface area contributed by atoms with Crippen molar-refractivity contribution in [1.82, 2.24) is 9.96 Å². The van der Waals surface area contributed by atoms with Gasteiger partial charge in [0.25, 0.3) is 11.8 Å². The molecule has 1 heterocycles. The van der Waals surface area contributed by atoms with Crippen LogP contribution in [0.2, 0.25) is 0 Å². The molecule has 3 amide bonds. The summed E-state index contributed by atoms with van der Waals surface area (Å²) in [5.74, 6) is -0.131. The number of imide groups is 1. The van der Waals surface area contributed by atoms with Crippen LogP contribution in [0, 0.1) is 5.92 Å². The first-order valence-electron chi connectivity index (χ1n) is 9.18. The zero-order valence-electron chi connectivity index (χ0n) is 15.6. The van der Waals surface area contributed by atoms with Crippen molar-refractivity contribution < 1.29 is 19.2 Å². The van der Waals surface area contributed by atoms with Crippen molar-refractivity contribution >= 4 is 18.2 Å². The molecule has 0 radical (unpaired) electrons. The van der Waals surface area contributed by atoms with Crippen molar-refractivity contribution in [2.75, 3.05) is 6.54 Å². The molecular weight excluding hydrogens is 332 g/mol. The van der Waals surface area contributed by atoms with Crippen LogP contribution in [0.3, 0.4) is 0 Å². The summed E-state index contributed by atoms with van der Waals surface area (Å²) in [4.78, 5) is 43.4. The first-order chi connectivity index (χ1) is 12.3. The van der Waals surface area contributed by atoms with Crippen molar-refractivity contribution in [1.29, 1.82) is 0 Å². The average Bonchev–Trinajstić information content (AvgIpc) is 2.85. The third-order valence-electron chi connectivity index (χ3n) is 4.98. The predicted molar refractivity (Wildman–Crippen MR) is 96.3 cm³/mol. The van der Waals surface area contributed by atoms with Gasteiger partial charge in [0.1, 0.15) is 0 Å². The topological polar surface area (TPSA) is 66.9 Å². The Morgan fingerprint density at radius 2 is 1.62 bits per heavy atom. The summed E-state index contributed by atoms with van der Waals surface area (Å²) < 4.78 is 0. The lowest BCUT2D eigenvalue weighted by Crippen LogP contribution is -2.43. The fourth-order valence-corrected chi connectivity index (χ4v) is 3.74. The number of hydroxylamine groups is 2. The average molecular weight is 358 g/mol. The van der Waals surface area contributed by atoms with Gasteiger partial charge in [-0.05, 0) is 64.5 Å². The van der Waals surface area contributed by atoms with E-state index >= 15 is 0 Å². The van der Waals surface area contributed by atoms with E-state index in [4.69, 9.17) is 4.84 Å². The SMILES string of the molecule is CC(C)(C)ON(C=O)[C@H]1CC[C@@H](CN2C(=O)c3ccccc3C2=O)CC1. The van der Waals surface area contributed by atoms with Gasteiger partial charge in [0.2, 0.25) is 6.41 Å². The minimum atomic E-state index is -0.419. The number of nitrogens with zero attached hydrogens (tertiary/aromatic N) is 2. The highest BCUT2D eigenvalue weighted by atomic mass is 16.7. The Kier molecular flexibility index (Phi) is 5.14. The van der Waals surface area contributed by atoms with Gasteiger partial charge in [0.05, 0.1) is 22.8 Å². The maximum absolute atomic E-state index is 12.5. The molecule has 1 fully saturated rings. The Hall–Kier alpha value is -2.21. The summed E-state index contributed by atoms with van der Waals surface area (Å²) in [6.45, 7) is 6.19. The maximum atomic E-state index is 12.5. The molecule has 0 unspecified atom stereocenters. The summed E-state index contributed by atoms with van der Waals surface area (Å²) in [5, 5.41) is 1.43. The normalized spacial score (nSPS) is 23.1. The molecule has 3 rings (SSSR count). The number of carbonyl (C=O) groups excluding carboxylic acids is 3. The Morgan fingerprint density at radius 3 is 2.08 bits per heavy atom. The number of hydrogen-bond acceptors (Lipinski definition) is 4. The Morgan fingerprint density at radius 1 is 1.08 bits per heavy atom. The predicted octanol–water partition coefficient (Wildman–Crippen LogP) is 3.03. The van der Waals surface area contributed by atoms with Crippen molar-refractivity contribution in [2.24, 2.45) is 5.92 Å². The fourth-order valence-electron chi connectivity index (χ4n) is 3.74. The first kappa shape index (κ1) is 18.6. The molecule has 1 saturated carbocycles. The molecule has 140 valence electrons. The number of rotatable bonds is 5. The van der Waals surface area contributed by atoms with Gasteiger partial charge >= 0.3 is 0 Å². The quantitative estimate of drug-likeness (QED) is 0.461. The first-order valence-corrected chi connectivity index (χ1v) is 9.18. The van der Waals surface area contributed by atoms with Crippen LogP contribution < -0.4 is 0 Å². The molecule has 0 bridgehead atoms. The Balaban J connectivity index is 1.57. The monoisotopic (exact) mass is 358 g/mol. The highest BCUT2D eigenvalue weighted by Crippen LogP contribution is 2.31. The van der Waals surface area contributed by atoms with Gasteiger partial charge in [0, 0.05) is 6.54 Å². The molecule has 0 aromatic heterocycles. The van der Waals surface area contributed by atoms with Crippen molar-refractivity contribution in [3.8, 4) is 0 Å². The molecule has 0 spiro atoms. The van der Waals surface area contributed by atoms with Crippen molar-refractivity contribution in [2.45, 2.75) is 58.1 Å². The molecule has 0 N–H and O–H groups in total. The largest absolute Gasteiger partial charge is 0.276 e. The molecule has 1 aromatic rings. The summed E-state index contributed by atoms with van der Waals surface area (Å²) in [6.07, 6.45) is 4.08. The van der Waals surface area contributed by atoms with Crippen LogP contribution >= 0.6 is 0 Å². The van der Waals surface area contributed by atoms with E-state index in [1.54, 1.807) is 24.3 Å². The van der Waals surface area contributed by atoms with Gasteiger partial charge in [-0.2, -0.15) is 0 Å². The highest BCUT2D eigenvalue weighted by molar-refractivity contribution is 6.21. The molecule has 0 saturated heterocycles. The fraction of sp³-hybridized carbons (Fsp3) is 0.550. The molecule has 6 heteroatoms. The summed E-state index contributed by atoms with van der Waals surface area (Å²) >= 11 is 0. The number of benzene rings is 1. The zero-order valence-corrected chi connectivity index (χ0v) is 15.6. The standard InChI is InChI=1S/C20H26N2O4/c1-20(2,3)26-22(13-23)15-10-8-14(9-11-15)12-21-18(24)16-6-4-5-7-17(16)19(21)25/h4-7,13-15H,8-12H2,1-3H3/t14-,15+. The van der Waals surface area contributed by atoms with Crippen LogP contribution in [0.25, 0.3) is 0 Å². The Labute approximate surface area is 154 Å². The van der Waals surface area contributed by atoms with E-state index in [-0.39, 0.29) is 23.8 Å². The van der Waals surface area contributed by atoms with Crippen LogP contribution in [-0.4, -0.2) is 46.4 Å². The summed E-state index contributed by atoms with van der Waals surface area (Å²) in [7, 11) is 0. The van der Waals surface area contributed by atoms with E-state index < -0.39 is 5.60 Å². The van der Waals surface area contributed by atoms with Crippen LogP contribution in [0.1, 0.15) is 67.2 Å². The lowest BCUT2D eigenvalue weighted by atomic mass is 9.85. The second-order valence-electron chi connectivity index (χ2n) is 8.11. The minimum Gasteiger partial charge on any atom is -0.276 e. The Bertz CT molecular complexity index is 667. The van der Waals surface area contributed by atoms with Gasteiger partial charge in [0.15, 0.2) is 0 Å². The molecular formula is C20H26N2O4. The minimum absolute atomic E-state index is 0.0464. The van der Waals surface area contributed by atoms with E-state index in [2.05, 4.69) is 0 Å². The van der Waals surface area contributed by atoms with E-state index in [1.807, 2.05) is 20.8 Å². The zero-order chi connectivity index (χ0) is 18.9. The lowest BCUT2D eigenvalue weighted by molar-refractivity contribution is -0.236. The van der Waals surface area contributed by atoms with Crippen LogP contribution in [-0.2, 0) is 9.63 Å². The van der Waals surface area contributed by atoms with Gasteiger partial charge in [-0.25, -0.2) is 5.06 Å². The summed E-state index contributed by atoms with van der Waals surface area (Å²) in [6, 6.07) is 7.02. The van der Waals surface area contributed by atoms with E-state index in [1.165, 1.54) is 9.96 Å². The third kappa shape index (κ3) is 3.80. The van der Waals surface area contributed by atoms with Gasteiger partial charge in [-0.15, -0.1) is 0 Å². The molecule has 1 aliphatic carbocycles. The third-order valence-corrected chi connectivity index (χ3v) is 4.98. The molecule has 1 aliphatic heterocycles. The molecule has 2 aliphatic rings. The second kappa shape index (κ2) is 7.19. The van der Waals surface area contributed by atoms with E-state index in [9.17, 15) is 14.4 Å². The van der Waals surface area contributed by atoms with Gasteiger partial charge < -0.3 is 0 Å². The van der Waals surface area contributed by atoms with E-state index in [0.717, 1.165) is 32.1 Å². The lowest BCUT2D eigenvalue weighted by Gasteiger charge is -2.37. The van der Waals surface area contributed by atoms with Crippen LogP contribution in [0.5, 0.6) is 0 Å². The van der Waals surface area contributed by atoms with Crippen LogP contribution in [0.15, 0.2) is 24.3 Å².